The molecule has 5 heteroatoms. The summed E-state index contributed by atoms with van der Waals surface area (Å²) >= 11 is 0. The first-order valence-electron chi connectivity index (χ1n) is 4.11. The van der Waals surface area contributed by atoms with Crippen molar-refractivity contribution < 1.29 is 15.0 Å². The third-order valence-corrected chi connectivity index (χ3v) is 1.48. The molecule has 0 atom stereocenters. The number of hydrogen-bond donors (Lipinski definition) is 3. The van der Waals surface area contributed by atoms with Crippen molar-refractivity contribution in [3.05, 3.63) is 0 Å². The molecule has 0 amide bonds. The van der Waals surface area contributed by atoms with Crippen LogP contribution in [0.5, 0.6) is 0 Å². The molecule has 0 aromatic heterocycles. The Kier molecular flexibility index (Phi) is 8.30. The van der Waals surface area contributed by atoms with Crippen LogP contribution in [0, 0.1) is 0 Å². The lowest BCUT2D eigenvalue weighted by Crippen LogP contribution is -2.30. The van der Waals surface area contributed by atoms with Gasteiger partial charge in [-0.2, -0.15) is 0 Å². The summed E-state index contributed by atoms with van der Waals surface area (Å²) in [5.41, 5.74) is -1.58. The summed E-state index contributed by atoms with van der Waals surface area (Å²) in [7, 11) is 0. The monoisotopic (exact) mass is 211 g/mol. The zero-order chi connectivity index (χ0) is 9.61. The largest absolute Gasteiger partial charge is 0.479 e. The van der Waals surface area contributed by atoms with Gasteiger partial charge in [-0.25, -0.2) is 4.79 Å². The zero-order valence-electron chi connectivity index (χ0n) is 8.04. The van der Waals surface area contributed by atoms with E-state index in [4.69, 9.17) is 10.2 Å². The number of carboxylic acids is 1. The fourth-order valence-corrected chi connectivity index (χ4v) is 0.625. The highest BCUT2D eigenvalue weighted by Crippen LogP contribution is 1.97. The quantitative estimate of drug-likeness (QED) is 0.595. The van der Waals surface area contributed by atoms with E-state index in [1.54, 1.807) is 0 Å². The highest BCUT2D eigenvalue weighted by Gasteiger charge is 2.21. The fourth-order valence-electron chi connectivity index (χ4n) is 0.625. The fraction of sp³-hybridized carbons (Fsp3) is 0.875. The third kappa shape index (κ3) is 9.60. The van der Waals surface area contributed by atoms with Crippen LogP contribution in [-0.4, -0.2) is 34.9 Å². The van der Waals surface area contributed by atoms with Gasteiger partial charge in [-0.15, -0.1) is 12.4 Å². The Bertz CT molecular complexity index is 133. The Morgan fingerprint density at radius 3 is 1.69 bits per heavy atom. The molecule has 0 aromatic rings. The van der Waals surface area contributed by atoms with E-state index in [0.29, 0.717) is 0 Å². The summed E-state index contributed by atoms with van der Waals surface area (Å²) in [4.78, 5) is 9.77. The first-order valence-corrected chi connectivity index (χ1v) is 4.11. The van der Waals surface area contributed by atoms with E-state index in [-0.39, 0.29) is 12.4 Å². The van der Waals surface area contributed by atoms with Crippen molar-refractivity contribution in [2.75, 3.05) is 13.1 Å². The van der Waals surface area contributed by atoms with Crippen LogP contribution in [0.4, 0.5) is 0 Å². The van der Waals surface area contributed by atoms with Crippen LogP contribution in [-0.2, 0) is 4.79 Å². The van der Waals surface area contributed by atoms with Crippen LogP contribution < -0.4 is 5.32 Å². The van der Waals surface area contributed by atoms with Crippen molar-refractivity contribution in [3.8, 4) is 0 Å². The minimum atomic E-state index is -1.58. The SMILES string of the molecule is C1CCNC1.CC(C)(O)C(=O)O.Cl. The first kappa shape index (κ1) is 15.2. The zero-order valence-corrected chi connectivity index (χ0v) is 8.86. The van der Waals surface area contributed by atoms with Gasteiger partial charge in [0.1, 0.15) is 0 Å². The Morgan fingerprint density at radius 2 is 1.62 bits per heavy atom. The van der Waals surface area contributed by atoms with E-state index >= 15 is 0 Å². The molecule has 0 bridgehead atoms. The summed E-state index contributed by atoms with van der Waals surface area (Å²) in [6, 6.07) is 0. The van der Waals surface area contributed by atoms with Gasteiger partial charge in [0, 0.05) is 0 Å². The van der Waals surface area contributed by atoms with Crippen molar-refractivity contribution in [1.29, 1.82) is 0 Å². The molecule has 1 saturated heterocycles. The van der Waals surface area contributed by atoms with Gasteiger partial charge in [-0.1, -0.05) is 0 Å². The lowest BCUT2D eigenvalue weighted by molar-refractivity contribution is -0.154. The van der Waals surface area contributed by atoms with Crippen molar-refractivity contribution in [2.24, 2.45) is 0 Å². The van der Waals surface area contributed by atoms with Gasteiger partial charge in [0.25, 0.3) is 0 Å². The van der Waals surface area contributed by atoms with E-state index in [9.17, 15) is 4.79 Å². The minimum Gasteiger partial charge on any atom is -0.479 e. The molecule has 0 aliphatic carbocycles. The van der Waals surface area contributed by atoms with Crippen molar-refractivity contribution >= 4 is 18.4 Å². The molecule has 13 heavy (non-hydrogen) atoms. The Hall–Kier alpha value is -0.320. The number of aliphatic hydroxyl groups is 1. The first-order chi connectivity index (χ1) is 5.44. The Labute approximate surface area is 84.7 Å². The molecule has 0 spiro atoms. The molecule has 0 radical (unpaired) electrons. The normalized spacial score (nSPS) is 15.3. The van der Waals surface area contributed by atoms with Crippen LogP contribution in [0.25, 0.3) is 0 Å². The predicted octanol–water partition coefficient (Wildman–Crippen LogP) is 0.633. The number of halogens is 1. The molecular formula is C8H18ClNO3. The number of carbonyl (C=O) groups is 1. The molecule has 1 aliphatic heterocycles. The van der Waals surface area contributed by atoms with Gasteiger partial charge in [0.2, 0.25) is 0 Å². The predicted molar refractivity (Wildman–Crippen MR) is 53.3 cm³/mol. The number of carboxylic acid groups (broad SMARTS) is 1. The van der Waals surface area contributed by atoms with E-state index in [1.807, 2.05) is 0 Å². The van der Waals surface area contributed by atoms with Crippen LogP contribution in [0.3, 0.4) is 0 Å². The lowest BCUT2D eigenvalue weighted by Gasteiger charge is -2.07. The van der Waals surface area contributed by atoms with Crippen molar-refractivity contribution in [3.63, 3.8) is 0 Å². The number of nitrogens with one attached hydrogen (secondary N) is 1. The molecule has 0 saturated carbocycles. The molecule has 0 aromatic carbocycles. The smallest absolute Gasteiger partial charge is 0.335 e. The molecular weight excluding hydrogens is 194 g/mol. The summed E-state index contributed by atoms with van der Waals surface area (Å²) in [5, 5.41) is 19.7. The minimum absolute atomic E-state index is 0. The lowest BCUT2D eigenvalue weighted by atomic mass is 10.1. The Balaban J connectivity index is 0. The van der Waals surface area contributed by atoms with Gasteiger partial charge < -0.3 is 15.5 Å². The van der Waals surface area contributed by atoms with Gasteiger partial charge in [-0.3, -0.25) is 0 Å². The van der Waals surface area contributed by atoms with Gasteiger partial charge >= 0.3 is 5.97 Å². The summed E-state index contributed by atoms with van der Waals surface area (Å²) < 4.78 is 0. The molecule has 1 fully saturated rings. The topological polar surface area (TPSA) is 69.6 Å². The summed E-state index contributed by atoms with van der Waals surface area (Å²) in [6.07, 6.45) is 2.78. The molecule has 1 aliphatic rings. The second-order valence-electron chi connectivity index (χ2n) is 3.32. The van der Waals surface area contributed by atoms with Crippen molar-refractivity contribution in [2.45, 2.75) is 32.3 Å². The van der Waals surface area contributed by atoms with Crippen LogP contribution in [0.1, 0.15) is 26.7 Å². The third-order valence-electron chi connectivity index (χ3n) is 1.48. The van der Waals surface area contributed by atoms with Crippen molar-refractivity contribution in [1.82, 2.24) is 5.32 Å². The molecule has 4 nitrogen and oxygen atoms in total. The standard InChI is InChI=1S/C4H9N.C4H8O3.ClH/c1-2-4-5-3-1;1-4(2,7)3(5)6;/h5H,1-4H2;7H,1-2H3,(H,5,6);1H. The second kappa shape index (κ2) is 7.12. The van der Waals surface area contributed by atoms with E-state index in [2.05, 4.69) is 5.32 Å². The number of rotatable bonds is 1. The number of hydrogen-bond acceptors (Lipinski definition) is 3. The van der Waals surface area contributed by atoms with E-state index in [1.165, 1.54) is 39.8 Å². The Morgan fingerprint density at radius 1 is 1.31 bits per heavy atom. The molecule has 80 valence electrons. The molecule has 0 unspecified atom stereocenters. The van der Waals surface area contributed by atoms with E-state index in [0.717, 1.165) is 0 Å². The number of aliphatic carboxylic acids is 1. The van der Waals surface area contributed by atoms with Gasteiger partial charge in [-0.05, 0) is 39.8 Å². The van der Waals surface area contributed by atoms with Crippen LogP contribution in [0.2, 0.25) is 0 Å². The van der Waals surface area contributed by atoms with Gasteiger partial charge in [0.05, 0.1) is 0 Å². The van der Waals surface area contributed by atoms with Gasteiger partial charge in [0.15, 0.2) is 5.60 Å². The molecule has 1 heterocycles. The maximum Gasteiger partial charge on any atom is 0.335 e. The average molecular weight is 212 g/mol. The highest BCUT2D eigenvalue weighted by molar-refractivity contribution is 5.85. The molecule has 3 N–H and O–H groups in total. The highest BCUT2D eigenvalue weighted by atomic mass is 35.5. The average Bonchev–Trinajstić information content (AvgIpc) is 2.39. The van der Waals surface area contributed by atoms with Crippen LogP contribution >= 0.6 is 12.4 Å². The summed E-state index contributed by atoms with van der Waals surface area (Å²) in [5.74, 6) is -1.20. The maximum absolute atomic E-state index is 9.77. The molecule has 1 rings (SSSR count). The summed E-state index contributed by atoms with van der Waals surface area (Å²) in [6.45, 7) is 4.94. The van der Waals surface area contributed by atoms with Crippen LogP contribution in [0.15, 0.2) is 0 Å². The maximum atomic E-state index is 9.77. The second-order valence-corrected chi connectivity index (χ2v) is 3.32. The van der Waals surface area contributed by atoms with E-state index < -0.39 is 11.6 Å².